The number of aromatic nitrogens is 2. The number of hydrogen-bond acceptors (Lipinski definition) is 5. The van der Waals surface area contributed by atoms with E-state index in [0.29, 0.717) is 6.54 Å². The molecule has 0 aliphatic rings. The fourth-order valence-corrected chi connectivity index (χ4v) is 1.17. The highest BCUT2D eigenvalue weighted by Gasteiger charge is 2.07. The molecule has 6 nitrogen and oxygen atoms in total. The molecule has 96 valence electrons. The van der Waals surface area contributed by atoms with Gasteiger partial charge in [0.05, 0.1) is 7.11 Å². The first-order valence-electron chi connectivity index (χ1n) is 5.45. The zero-order valence-electron chi connectivity index (χ0n) is 10.3. The number of methoxy groups -OCH3 is 1. The van der Waals surface area contributed by atoms with E-state index in [-0.39, 0.29) is 11.7 Å². The third-order valence-electron chi connectivity index (χ3n) is 2.04. The summed E-state index contributed by atoms with van der Waals surface area (Å²) in [6.45, 7) is 2.07. The number of esters is 1. The van der Waals surface area contributed by atoms with Crippen LogP contribution in [0.1, 0.15) is 29.5 Å². The molecule has 0 spiro atoms. The summed E-state index contributed by atoms with van der Waals surface area (Å²) in [7, 11) is 1.28. The average Bonchev–Trinajstić information content (AvgIpc) is 2.38. The van der Waals surface area contributed by atoms with Gasteiger partial charge in [-0.2, -0.15) is 0 Å². The Hall–Kier alpha value is -2.24. The molecule has 0 saturated heterocycles. The predicted molar refractivity (Wildman–Crippen MR) is 65.7 cm³/mol. The third kappa shape index (κ3) is 4.73. The quantitative estimate of drug-likeness (QED) is 0.616. The van der Waals surface area contributed by atoms with Crippen molar-refractivity contribution in [3.63, 3.8) is 0 Å². The number of ether oxygens (including phenoxy) is 1. The van der Waals surface area contributed by atoms with E-state index in [0.717, 1.165) is 12.0 Å². The summed E-state index contributed by atoms with van der Waals surface area (Å²) < 4.78 is 4.49. The Bertz CT molecular complexity index is 440. The molecule has 6 heteroatoms. The van der Waals surface area contributed by atoms with Gasteiger partial charge in [-0.1, -0.05) is 12.2 Å². The summed E-state index contributed by atoms with van der Waals surface area (Å²) in [6.07, 6.45) is 7.51. The van der Waals surface area contributed by atoms with E-state index >= 15 is 0 Å². The molecule has 0 unspecified atom stereocenters. The van der Waals surface area contributed by atoms with Gasteiger partial charge in [0.1, 0.15) is 0 Å². The van der Waals surface area contributed by atoms with Crippen molar-refractivity contribution in [2.45, 2.75) is 13.3 Å². The molecule has 1 N–H and O–H groups in total. The fraction of sp³-hybridized carbons (Fsp3) is 0.333. The van der Waals surface area contributed by atoms with Gasteiger partial charge in [0.25, 0.3) is 0 Å². The van der Waals surface area contributed by atoms with E-state index < -0.39 is 5.97 Å². The minimum absolute atomic E-state index is 0.0351. The standard InChI is InChI=1S/C12H15N3O3/c1-9(16)13-6-4-3-5-10-7-14-11(15-8-10)12(17)18-2/h3,5,7-8H,4,6H2,1-2H3,(H,13,16). The van der Waals surface area contributed by atoms with Gasteiger partial charge in [-0.3, -0.25) is 4.79 Å². The molecular weight excluding hydrogens is 234 g/mol. The summed E-state index contributed by atoms with van der Waals surface area (Å²) in [4.78, 5) is 29.4. The van der Waals surface area contributed by atoms with Crippen LogP contribution in [-0.2, 0) is 9.53 Å². The van der Waals surface area contributed by atoms with E-state index in [2.05, 4.69) is 20.0 Å². The van der Waals surface area contributed by atoms with Crippen molar-refractivity contribution in [1.29, 1.82) is 0 Å². The number of amides is 1. The Morgan fingerprint density at radius 1 is 1.39 bits per heavy atom. The molecule has 0 aliphatic carbocycles. The lowest BCUT2D eigenvalue weighted by Crippen LogP contribution is -2.20. The van der Waals surface area contributed by atoms with Crippen molar-refractivity contribution in [2.75, 3.05) is 13.7 Å². The van der Waals surface area contributed by atoms with Crippen LogP contribution in [0.2, 0.25) is 0 Å². The molecular formula is C12H15N3O3. The van der Waals surface area contributed by atoms with Gasteiger partial charge in [-0.15, -0.1) is 0 Å². The average molecular weight is 249 g/mol. The lowest BCUT2D eigenvalue weighted by Gasteiger charge is -1.98. The predicted octanol–water partition coefficient (Wildman–Crippen LogP) is 0.803. The summed E-state index contributed by atoms with van der Waals surface area (Å²) in [5.74, 6) is -0.571. The smallest absolute Gasteiger partial charge is 0.376 e. The number of nitrogens with zero attached hydrogens (tertiary/aromatic N) is 2. The first-order chi connectivity index (χ1) is 8.63. The number of rotatable bonds is 5. The van der Waals surface area contributed by atoms with Gasteiger partial charge < -0.3 is 10.1 Å². The molecule has 1 aromatic rings. The van der Waals surface area contributed by atoms with Crippen LogP contribution < -0.4 is 5.32 Å². The van der Waals surface area contributed by atoms with Crippen LogP contribution >= 0.6 is 0 Å². The van der Waals surface area contributed by atoms with Crippen molar-refractivity contribution < 1.29 is 14.3 Å². The van der Waals surface area contributed by atoms with Crippen molar-refractivity contribution in [1.82, 2.24) is 15.3 Å². The Morgan fingerprint density at radius 2 is 2.06 bits per heavy atom. The zero-order valence-corrected chi connectivity index (χ0v) is 10.3. The summed E-state index contributed by atoms with van der Waals surface area (Å²) in [5, 5.41) is 2.68. The van der Waals surface area contributed by atoms with Crippen LogP contribution in [-0.4, -0.2) is 35.5 Å². The Balaban J connectivity index is 2.45. The number of carbonyl (C=O) groups excluding carboxylic acids is 2. The summed E-state index contributed by atoms with van der Waals surface area (Å²) >= 11 is 0. The second kappa shape index (κ2) is 7.16. The highest BCUT2D eigenvalue weighted by Crippen LogP contribution is 2.00. The van der Waals surface area contributed by atoms with Crippen LogP contribution in [0.3, 0.4) is 0 Å². The van der Waals surface area contributed by atoms with Crippen LogP contribution in [0.15, 0.2) is 18.5 Å². The molecule has 1 aromatic heterocycles. The molecule has 0 atom stereocenters. The maximum Gasteiger partial charge on any atom is 0.376 e. The van der Waals surface area contributed by atoms with Crippen LogP contribution in [0.4, 0.5) is 0 Å². The van der Waals surface area contributed by atoms with E-state index in [1.807, 2.05) is 12.2 Å². The lowest BCUT2D eigenvalue weighted by atomic mass is 10.3. The van der Waals surface area contributed by atoms with Gasteiger partial charge in [0.2, 0.25) is 11.7 Å². The van der Waals surface area contributed by atoms with E-state index in [4.69, 9.17) is 0 Å². The second-order valence-electron chi connectivity index (χ2n) is 3.51. The first-order valence-corrected chi connectivity index (χ1v) is 5.45. The van der Waals surface area contributed by atoms with Gasteiger partial charge >= 0.3 is 5.97 Å². The van der Waals surface area contributed by atoms with Crippen molar-refractivity contribution >= 4 is 18.0 Å². The van der Waals surface area contributed by atoms with Gasteiger partial charge in [0, 0.05) is 31.4 Å². The minimum atomic E-state index is -0.559. The fourth-order valence-electron chi connectivity index (χ4n) is 1.17. The first kappa shape index (κ1) is 13.8. The van der Waals surface area contributed by atoms with E-state index in [9.17, 15) is 9.59 Å². The van der Waals surface area contributed by atoms with Gasteiger partial charge in [0.15, 0.2) is 0 Å². The van der Waals surface area contributed by atoms with Crippen molar-refractivity contribution in [2.24, 2.45) is 0 Å². The normalized spacial score (nSPS) is 10.3. The number of nitrogens with one attached hydrogen (secondary N) is 1. The molecule has 1 heterocycles. The molecule has 0 saturated carbocycles. The Labute approximate surface area is 105 Å². The number of carbonyl (C=O) groups is 2. The van der Waals surface area contributed by atoms with Crippen LogP contribution in [0.5, 0.6) is 0 Å². The molecule has 0 fully saturated rings. The minimum Gasteiger partial charge on any atom is -0.463 e. The monoisotopic (exact) mass is 249 g/mol. The maximum atomic E-state index is 11.1. The summed E-state index contributed by atoms with van der Waals surface area (Å²) in [6, 6.07) is 0. The number of hydrogen-bond donors (Lipinski definition) is 1. The Morgan fingerprint density at radius 3 is 2.61 bits per heavy atom. The topological polar surface area (TPSA) is 81.2 Å². The van der Waals surface area contributed by atoms with Gasteiger partial charge in [-0.25, -0.2) is 14.8 Å². The second-order valence-corrected chi connectivity index (χ2v) is 3.51. The molecule has 1 amide bonds. The molecule has 0 radical (unpaired) electrons. The maximum absolute atomic E-state index is 11.1. The molecule has 0 bridgehead atoms. The van der Waals surface area contributed by atoms with Crippen LogP contribution in [0, 0.1) is 0 Å². The highest BCUT2D eigenvalue weighted by atomic mass is 16.5. The summed E-state index contributed by atoms with van der Waals surface area (Å²) in [5.41, 5.74) is 0.783. The molecule has 1 rings (SSSR count). The molecule has 0 aliphatic heterocycles. The highest BCUT2D eigenvalue weighted by molar-refractivity contribution is 5.84. The SMILES string of the molecule is COC(=O)c1ncc(C=CCCNC(C)=O)cn1. The third-order valence-corrected chi connectivity index (χ3v) is 2.04. The van der Waals surface area contributed by atoms with Gasteiger partial charge in [-0.05, 0) is 6.42 Å². The lowest BCUT2D eigenvalue weighted by molar-refractivity contribution is -0.118. The molecule has 0 aromatic carbocycles. The van der Waals surface area contributed by atoms with E-state index in [1.165, 1.54) is 26.4 Å². The van der Waals surface area contributed by atoms with E-state index in [1.54, 1.807) is 0 Å². The largest absolute Gasteiger partial charge is 0.463 e. The molecule has 18 heavy (non-hydrogen) atoms. The van der Waals surface area contributed by atoms with Crippen LogP contribution in [0.25, 0.3) is 6.08 Å². The Kier molecular flexibility index (Phi) is 5.50. The zero-order chi connectivity index (χ0) is 13.4. The van der Waals surface area contributed by atoms with Crippen molar-refractivity contribution in [3.8, 4) is 0 Å². The van der Waals surface area contributed by atoms with Crippen molar-refractivity contribution in [3.05, 3.63) is 29.9 Å².